The Morgan fingerprint density at radius 3 is 2.21 bits per heavy atom. The number of carbonyl (C=O) groups is 2. The predicted octanol–water partition coefficient (Wildman–Crippen LogP) is 4.91. The quantitative estimate of drug-likeness (QED) is 0.276. The van der Waals surface area contributed by atoms with Crippen molar-refractivity contribution in [3.8, 4) is 0 Å². The van der Waals surface area contributed by atoms with E-state index in [4.69, 9.17) is 0 Å². The van der Waals surface area contributed by atoms with Crippen LogP contribution in [0.2, 0.25) is 0 Å². The van der Waals surface area contributed by atoms with Crippen LogP contribution in [0, 0.1) is 5.82 Å². The Labute approximate surface area is 238 Å². The van der Waals surface area contributed by atoms with E-state index in [0.717, 1.165) is 29.0 Å². The average molecular weight is 619 g/mol. The third-order valence-corrected chi connectivity index (χ3v) is 7.96. The first kappa shape index (κ1) is 30.3. The fourth-order valence-corrected chi connectivity index (χ4v) is 5.57. The Morgan fingerprint density at radius 1 is 0.949 bits per heavy atom. The van der Waals surface area contributed by atoms with Gasteiger partial charge in [-0.05, 0) is 57.7 Å². The van der Waals surface area contributed by atoms with Crippen molar-refractivity contribution >= 4 is 43.5 Å². The molecule has 0 radical (unpaired) electrons. The zero-order chi connectivity index (χ0) is 28.4. The van der Waals surface area contributed by atoms with Gasteiger partial charge >= 0.3 is 0 Å². The molecular formula is C29H33BrFN3O4S. The van der Waals surface area contributed by atoms with Gasteiger partial charge in [-0.3, -0.25) is 13.9 Å². The molecule has 0 spiro atoms. The maximum Gasteiger partial charge on any atom is 0.244 e. The highest BCUT2D eigenvalue weighted by Crippen LogP contribution is 2.28. The van der Waals surface area contributed by atoms with Crippen LogP contribution in [0.3, 0.4) is 0 Å². The van der Waals surface area contributed by atoms with E-state index in [1.54, 1.807) is 36.4 Å². The van der Waals surface area contributed by atoms with Crippen LogP contribution >= 0.6 is 15.9 Å². The molecule has 3 aromatic carbocycles. The predicted molar refractivity (Wildman–Crippen MR) is 155 cm³/mol. The Bertz CT molecular complexity index is 1350. The van der Waals surface area contributed by atoms with Crippen LogP contribution in [0.1, 0.15) is 30.9 Å². The number of unbranched alkanes of at least 4 members (excludes halogenated alkanes) is 1. The van der Waals surface area contributed by atoms with Gasteiger partial charge in [0.25, 0.3) is 0 Å². The van der Waals surface area contributed by atoms with Crippen LogP contribution in [-0.4, -0.2) is 50.5 Å². The van der Waals surface area contributed by atoms with Crippen LogP contribution in [-0.2, 0) is 32.6 Å². The summed E-state index contributed by atoms with van der Waals surface area (Å²) in [6.45, 7) is 1.94. The van der Waals surface area contributed by atoms with E-state index in [9.17, 15) is 22.4 Å². The van der Waals surface area contributed by atoms with E-state index in [1.165, 1.54) is 17.0 Å². The lowest BCUT2D eigenvalue weighted by Gasteiger charge is -2.33. The summed E-state index contributed by atoms with van der Waals surface area (Å²) in [4.78, 5) is 28.9. The van der Waals surface area contributed by atoms with Crippen LogP contribution in [0.5, 0.6) is 0 Å². The highest BCUT2D eigenvalue weighted by atomic mass is 79.9. The van der Waals surface area contributed by atoms with Crippen molar-refractivity contribution in [1.82, 2.24) is 10.2 Å². The van der Waals surface area contributed by atoms with Gasteiger partial charge in [0, 0.05) is 24.0 Å². The normalized spacial score (nSPS) is 12.0. The number of halogens is 2. The molecule has 1 atom stereocenters. The van der Waals surface area contributed by atoms with E-state index in [1.807, 2.05) is 37.3 Å². The van der Waals surface area contributed by atoms with E-state index >= 15 is 0 Å². The summed E-state index contributed by atoms with van der Waals surface area (Å²) in [5.74, 6) is -1.33. The molecule has 0 fully saturated rings. The number of sulfonamides is 1. The lowest BCUT2D eigenvalue weighted by Crippen LogP contribution is -2.53. The molecule has 0 saturated heterocycles. The second-order valence-corrected chi connectivity index (χ2v) is 12.0. The Hall–Kier alpha value is -3.24. The second-order valence-electron chi connectivity index (χ2n) is 9.22. The minimum absolute atomic E-state index is 0.00856. The van der Waals surface area contributed by atoms with E-state index in [2.05, 4.69) is 21.2 Å². The number of rotatable bonds is 13. The minimum Gasteiger partial charge on any atom is -0.354 e. The number of nitrogens with one attached hydrogen (secondary N) is 1. The number of nitrogens with zero attached hydrogens (tertiary/aromatic N) is 2. The fourth-order valence-electron chi connectivity index (χ4n) is 4.10. The summed E-state index contributed by atoms with van der Waals surface area (Å²) >= 11 is 3.38. The van der Waals surface area contributed by atoms with E-state index in [-0.39, 0.29) is 18.9 Å². The van der Waals surface area contributed by atoms with Gasteiger partial charge in [-0.25, -0.2) is 12.8 Å². The fraction of sp³-hybridized carbons (Fsp3) is 0.310. The van der Waals surface area contributed by atoms with E-state index in [0.29, 0.717) is 22.3 Å². The van der Waals surface area contributed by atoms with Crippen molar-refractivity contribution in [1.29, 1.82) is 0 Å². The number of anilines is 1. The highest BCUT2D eigenvalue weighted by Gasteiger charge is 2.33. The first-order valence-corrected chi connectivity index (χ1v) is 15.3. The molecule has 0 aliphatic heterocycles. The number of hydrogen-bond donors (Lipinski definition) is 1. The first-order chi connectivity index (χ1) is 18.6. The maximum atomic E-state index is 14.0. The van der Waals surface area contributed by atoms with Gasteiger partial charge < -0.3 is 10.2 Å². The summed E-state index contributed by atoms with van der Waals surface area (Å²) in [6, 6.07) is 20.8. The lowest BCUT2D eigenvalue weighted by molar-refractivity contribution is -0.140. The highest BCUT2D eigenvalue weighted by molar-refractivity contribution is 9.10. The van der Waals surface area contributed by atoms with Crippen molar-refractivity contribution in [2.75, 3.05) is 23.7 Å². The monoisotopic (exact) mass is 617 g/mol. The molecule has 208 valence electrons. The molecule has 1 unspecified atom stereocenters. The smallest absolute Gasteiger partial charge is 0.244 e. The molecule has 0 bridgehead atoms. The number of carbonyl (C=O) groups excluding carboxylic acids is 2. The number of amides is 2. The van der Waals surface area contributed by atoms with Gasteiger partial charge in [-0.1, -0.05) is 67.9 Å². The van der Waals surface area contributed by atoms with Crippen LogP contribution in [0.4, 0.5) is 10.1 Å². The molecule has 0 saturated carbocycles. The molecule has 7 nitrogen and oxygen atoms in total. The average Bonchev–Trinajstić information content (AvgIpc) is 2.91. The second kappa shape index (κ2) is 14.2. The minimum atomic E-state index is -3.86. The molecule has 10 heteroatoms. The maximum absolute atomic E-state index is 14.0. The molecular weight excluding hydrogens is 585 g/mol. The summed E-state index contributed by atoms with van der Waals surface area (Å²) in [5, 5.41) is 2.93. The van der Waals surface area contributed by atoms with Gasteiger partial charge in [0.05, 0.1) is 11.9 Å². The van der Waals surface area contributed by atoms with Crippen LogP contribution in [0.15, 0.2) is 83.3 Å². The molecule has 1 N–H and O–H groups in total. The summed E-state index contributed by atoms with van der Waals surface area (Å²) < 4.78 is 40.8. The number of hydrogen-bond acceptors (Lipinski definition) is 4. The molecule has 3 aromatic rings. The number of para-hydroxylation sites is 1. The van der Waals surface area contributed by atoms with E-state index < -0.39 is 34.3 Å². The van der Waals surface area contributed by atoms with Crippen LogP contribution < -0.4 is 9.62 Å². The zero-order valence-corrected chi connectivity index (χ0v) is 24.4. The standard InChI is InChI=1S/C29H33BrFN3O4S/c1-3-4-18-32-29(36)27(19-22-10-6-5-7-11-22)33(20-23-14-16-24(31)17-15-23)28(35)21-34(39(2,37)38)26-13-9-8-12-25(26)30/h5-17,27H,3-4,18-21H2,1-2H3,(H,32,36). The SMILES string of the molecule is CCCCNC(=O)C(Cc1ccccc1)N(Cc1ccc(F)cc1)C(=O)CN(c1ccccc1Br)S(C)(=O)=O. The topological polar surface area (TPSA) is 86.8 Å². The molecule has 2 amide bonds. The zero-order valence-electron chi connectivity index (χ0n) is 22.0. The Morgan fingerprint density at radius 2 is 1.59 bits per heavy atom. The van der Waals surface area contributed by atoms with Crippen LogP contribution in [0.25, 0.3) is 0 Å². The number of benzene rings is 3. The van der Waals surface area contributed by atoms with Crippen molar-refractivity contribution in [2.24, 2.45) is 0 Å². The summed E-state index contributed by atoms with van der Waals surface area (Å²) in [5.41, 5.74) is 1.76. The summed E-state index contributed by atoms with van der Waals surface area (Å²) in [6.07, 6.45) is 2.92. The Kier molecular flexibility index (Phi) is 11.1. The molecule has 0 heterocycles. The first-order valence-electron chi connectivity index (χ1n) is 12.7. The lowest BCUT2D eigenvalue weighted by atomic mass is 10.0. The molecule has 0 aliphatic rings. The van der Waals surface area contributed by atoms with Crippen molar-refractivity contribution in [3.05, 3.63) is 100 Å². The van der Waals surface area contributed by atoms with Gasteiger partial charge in [0.1, 0.15) is 18.4 Å². The third-order valence-electron chi connectivity index (χ3n) is 6.17. The largest absolute Gasteiger partial charge is 0.354 e. The van der Waals surface area contributed by atoms with Gasteiger partial charge in [0.2, 0.25) is 21.8 Å². The van der Waals surface area contributed by atoms with Gasteiger partial charge in [-0.15, -0.1) is 0 Å². The van der Waals surface area contributed by atoms with Gasteiger partial charge in [0.15, 0.2) is 0 Å². The molecule has 3 rings (SSSR count). The molecule has 0 aromatic heterocycles. The van der Waals surface area contributed by atoms with Crippen molar-refractivity contribution < 1.29 is 22.4 Å². The van der Waals surface area contributed by atoms with Crippen molar-refractivity contribution in [3.63, 3.8) is 0 Å². The summed E-state index contributed by atoms with van der Waals surface area (Å²) in [7, 11) is -3.86. The van der Waals surface area contributed by atoms with Crippen molar-refractivity contribution in [2.45, 2.75) is 38.8 Å². The van der Waals surface area contributed by atoms with Gasteiger partial charge in [-0.2, -0.15) is 0 Å². The third kappa shape index (κ3) is 8.90. The molecule has 0 aliphatic carbocycles. The Balaban J connectivity index is 2.03. The molecule has 39 heavy (non-hydrogen) atoms.